The second-order valence-electron chi connectivity index (χ2n) is 10.4. The number of likely N-dealkylation sites (tertiary alicyclic amines) is 2. The van der Waals surface area contributed by atoms with Gasteiger partial charge >= 0.3 is 0 Å². The summed E-state index contributed by atoms with van der Waals surface area (Å²) in [5.74, 6) is 0.891. The molecule has 7 nitrogen and oxygen atoms in total. The van der Waals surface area contributed by atoms with Crippen LogP contribution in [0.25, 0.3) is 22.6 Å². The Kier molecular flexibility index (Phi) is 6.50. The number of piperidine rings is 2. The molecule has 192 valence electrons. The SMILES string of the molecule is Cn1ccc(CN2CCC(C(=O)N3CCC(n4c(-c5ccccn5)nc5cc(F)ccc54)CC3)CC2)c1. The second-order valence-corrected chi connectivity index (χ2v) is 10.4. The second kappa shape index (κ2) is 10.1. The van der Waals surface area contributed by atoms with E-state index in [2.05, 4.69) is 42.4 Å². The van der Waals surface area contributed by atoms with Gasteiger partial charge in [0, 0.05) is 63.3 Å². The van der Waals surface area contributed by atoms with Crippen LogP contribution in [-0.4, -0.2) is 61.0 Å². The minimum atomic E-state index is -0.292. The number of fused-ring (bicyclic) bond motifs is 1. The summed E-state index contributed by atoms with van der Waals surface area (Å²) >= 11 is 0. The summed E-state index contributed by atoms with van der Waals surface area (Å²) in [4.78, 5) is 27.2. The minimum absolute atomic E-state index is 0.115. The number of carbonyl (C=O) groups is 1. The number of hydrogen-bond acceptors (Lipinski definition) is 4. The molecule has 2 fully saturated rings. The number of aryl methyl sites for hydroxylation is 1. The van der Waals surface area contributed by atoms with Gasteiger partial charge in [0.2, 0.25) is 5.91 Å². The van der Waals surface area contributed by atoms with Gasteiger partial charge in [-0.2, -0.15) is 0 Å². The summed E-state index contributed by atoms with van der Waals surface area (Å²) in [6.07, 6.45) is 9.55. The Morgan fingerprint density at radius 3 is 2.54 bits per heavy atom. The maximum absolute atomic E-state index is 14.0. The van der Waals surface area contributed by atoms with Crippen molar-refractivity contribution in [2.45, 2.75) is 38.3 Å². The quantitative estimate of drug-likeness (QED) is 0.400. The molecule has 2 saturated heterocycles. The number of pyridine rings is 1. The Morgan fingerprint density at radius 2 is 1.84 bits per heavy atom. The van der Waals surface area contributed by atoms with Gasteiger partial charge in [0.25, 0.3) is 0 Å². The summed E-state index contributed by atoms with van der Waals surface area (Å²) in [5.41, 5.74) is 3.66. The highest BCUT2D eigenvalue weighted by Gasteiger charge is 2.32. The lowest BCUT2D eigenvalue weighted by Gasteiger charge is -2.38. The van der Waals surface area contributed by atoms with Gasteiger partial charge < -0.3 is 14.0 Å². The number of amides is 1. The zero-order valence-electron chi connectivity index (χ0n) is 21.3. The molecule has 2 aliphatic rings. The van der Waals surface area contributed by atoms with Crippen LogP contribution in [0.2, 0.25) is 0 Å². The summed E-state index contributed by atoms with van der Waals surface area (Å²) in [6, 6.07) is 12.9. The third kappa shape index (κ3) is 4.90. The topological polar surface area (TPSA) is 59.2 Å². The molecule has 1 amide bonds. The number of halogens is 1. The van der Waals surface area contributed by atoms with Gasteiger partial charge in [-0.05, 0) is 74.7 Å². The van der Waals surface area contributed by atoms with Crippen molar-refractivity contribution >= 4 is 16.9 Å². The maximum atomic E-state index is 14.0. The standard InChI is InChI=1S/C29H33FN6O/c1-33-13-7-21(19-33)20-34-14-8-22(9-15-34)29(37)35-16-10-24(11-17-35)36-27-6-5-23(30)18-26(27)32-28(36)25-4-2-3-12-31-25/h2-7,12-13,18-19,22,24H,8-11,14-17,20H2,1H3. The molecule has 0 N–H and O–H groups in total. The van der Waals surface area contributed by atoms with E-state index in [0.29, 0.717) is 11.4 Å². The van der Waals surface area contributed by atoms with Crippen molar-refractivity contribution in [2.24, 2.45) is 13.0 Å². The van der Waals surface area contributed by atoms with E-state index in [0.717, 1.165) is 75.4 Å². The van der Waals surface area contributed by atoms with Crippen molar-refractivity contribution in [3.63, 3.8) is 0 Å². The normalized spacial score (nSPS) is 18.1. The summed E-state index contributed by atoms with van der Waals surface area (Å²) < 4.78 is 18.3. The first-order chi connectivity index (χ1) is 18.0. The van der Waals surface area contributed by atoms with Crippen molar-refractivity contribution in [3.8, 4) is 11.5 Å². The number of hydrogen-bond donors (Lipinski definition) is 0. The minimum Gasteiger partial charge on any atom is -0.357 e. The van der Waals surface area contributed by atoms with E-state index in [9.17, 15) is 9.18 Å². The molecular weight excluding hydrogens is 467 g/mol. The molecule has 0 unspecified atom stereocenters. The first-order valence-corrected chi connectivity index (χ1v) is 13.3. The summed E-state index contributed by atoms with van der Waals surface area (Å²) in [6.45, 7) is 4.35. The predicted molar refractivity (Wildman–Crippen MR) is 141 cm³/mol. The van der Waals surface area contributed by atoms with Crippen molar-refractivity contribution in [3.05, 3.63) is 72.4 Å². The molecule has 6 rings (SSSR count). The number of benzene rings is 1. The highest BCUT2D eigenvalue weighted by Crippen LogP contribution is 2.34. The Hall–Kier alpha value is -3.52. The van der Waals surface area contributed by atoms with Crippen LogP contribution >= 0.6 is 0 Å². The molecule has 4 aromatic rings. The van der Waals surface area contributed by atoms with Crippen molar-refractivity contribution in [1.82, 2.24) is 28.9 Å². The fraction of sp³-hybridized carbons (Fsp3) is 0.414. The fourth-order valence-electron chi connectivity index (χ4n) is 5.97. The smallest absolute Gasteiger partial charge is 0.225 e. The summed E-state index contributed by atoms with van der Waals surface area (Å²) in [5, 5.41) is 0. The average molecular weight is 501 g/mol. The zero-order chi connectivity index (χ0) is 25.4. The molecule has 2 aliphatic heterocycles. The highest BCUT2D eigenvalue weighted by atomic mass is 19.1. The largest absolute Gasteiger partial charge is 0.357 e. The van der Waals surface area contributed by atoms with Crippen molar-refractivity contribution in [2.75, 3.05) is 26.2 Å². The van der Waals surface area contributed by atoms with Crippen molar-refractivity contribution < 1.29 is 9.18 Å². The number of aromatic nitrogens is 4. The van der Waals surface area contributed by atoms with E-state index < -0.39 is 0 Å². The van der Waals surface area contributed by atoms with E-state index in [4.69, 9.17) is 4.98 Å². The number of rotatable bonds is 5. The van der Waals surface area contributed by atoms with E-state index in [-0.39, 0.29) is 17.8 Å². The molecular formula is C29H33FN6O. The van der Waals surface area contributed by atoms with Crippen LogP contribution in [0.4, 0.5) is 4.39 Å². The van der Waals surface area contributed by atoms with E-state index >= 15 is 0 Å². The predicted octanol–water partition coefficient (Wildman–Crippen LogP) is 4.65. The maximum Gasteiger partial charge on any atom is 0.225 e. The average Bonchev–Trinajstić information content (AvgIpc) is 3.52. The van der Waals surface area contributed by atoms with E-state index in [1.165, 1.54) is 17.7 Å². The lowest BCUT2D eigenvalue weighted by atomic mass is 9.93. The van der Waals surface area contributed by atoms with Gasteiger partial charge in [-0.1, -0.05) is 6.07 Å². The van der Waals surface area contributed by atoms with Gasteiger partial charge in [0.15, 0.2) is 5.82 Å². The third-order valence-corrected chi connectivity index (χ3v) is 7.92. The first kappa shape index (κ1) is 23.9. The van der Waals surface area contributed by atoms with Gasteiger partial charge in [0.1, 0.15) is 11.5 Å². The monoisotopic (exact) mass is 500 g/mol. The molecule has 0 aliphatic carbocycles. The van der Waals surface area contributed by atoms with Crippen LogP contribution in [0.3, 0.4) is 0 Å². The van der Waals surface area contributed by atoms with Crippen LogP contribution in [0.15, 0.2) is 61.1 Å². The lowest BCUT2D eigenvalue weighted by Crippen LogP contribution is -2.45. The van der Waals surface area contributed by atoms with Crippen LogP contribution in [-0.2, 0) is 18.4 Å². The third-order valence-electron chi connectivity index (χ3n) is 7.92. The van der Waals surface area contributed by atoms with Gasteiger partial charge in [-0.15, -0.1) is 0 Å². The van der Waals surface area contributed by atoms with Crippen LogP contribution in [0.5, 0.6) is 0 Å². The number of imidazole rings is 1. The van der Waals surface area contributed by atoms with Gasteiger partial charge in [0.05, 0.1) is 11.0 Å². The summed E-state index contributed by atoms with van der Waals surface area (Å²) in [7, 11) is 2.05. The molecule has 8 heteroatoms. The van der Waals surface area contributed by atoms with Gasteiger partial charge in [-0.3, -0.25) is 14.7 Å². The molecule has 1 aromatic carbocycles. The molecule has 0 spiro atoms. The molecule has 0 atom stereocenters. The highest BCUT2D eigenvalue weighted by molar-refractivity contribution is 5.81. The Bertz CT molecular complexity index is 1380. The Balaban J connectivity index is 1.11. The zero-order valence-corrected chi connectivity index (χ0v) is 21.3. The molecule has 3 aromatic heterocycles. The molecule has 0 bridgehead atoms. The molecule has 0 radical (unpaired) electrons. The molecule has 37 heavy (non-hydrogen) atoms. The van der Waals surface area contributed by atoms with Gasteiger partial charge in [-0.25, -0.2) is 9.37 Å². The Morgan fingerprint density at radius 1 is 1.03 bits per heavy atom. The number of carbonyl (C=O) groups excluding carboxylic acids is 1. The van der Waals surface area contributed by atoms with Crippen LogP contribution < -0.4 is 0 Å². The molecule has 5 heterocycles. The first-order valence-electron chi connectivity index (χ1n) is 13.3. The lowest BCUT2D eigenvalue weighted by molar-refractivity contribution is -0.138. The van der Waals surface area contributed by atoms with Crippen LogP contribution in [0, 0.1) is 11.7 Å². The van der Waals surface area contributed by atoms with Crippen LogP contribution in [0.1, 0.15) is 37.3 Å². The van der Waals surface area contributed by atoms with E-state index in [1.807, 2.05) is 31.3 Å². The fourth-order valence-corrected chi connectivity index (χ4v) is 5.97. The van der Waals surface area contributed by atoms with Crippen molar-refractivity contribution in [1.29, 1.82) is 0 Å². The number of nitrogens with zero attached hydrogens (tertiary/aromatic N) is 6. The molecule has 0 saturated carbocycles. The Labute approximate surface area is 216 Å². The van der Waals surface area contributed by atoms with E-state index in [1.54, 1.807) is 6.20 Å².